The highest BCUT2D eigenvalue weighted by Crippen LogP contribution is 2.26. The molecule has 3 rings (SSSR count). The van der Waals surface area contributed by atoms with Crippen molar-refractivity contribution in [2.45, 2.75) is 52.2 Å². The fourth-order valence-electron chi connectivity index (χ4n) is 4.19. The van der Waals surface area contributed by atoms with E-state index in [0.29, 0.717) is 5.02 Å². The predicted octanol–water partition coefficient (Wildman–Crippen LogP) is 5.73. The molecular weight excluding hydrogens is 614 g/mol. The molecule has 0 aliphatic heterocycles. The van der Waals surface area contributed by atoms with Crippen molar-refractivity contribution in [1.82, 2.24) is 10.2 Å². The normalized spacial score (nSPS) is 12.5. The second-order valence-corrected chi connectivity index (χ2v) is 14.0. The highest BCUT2D eigenvalue weighted by Gasteiger charge is 2.34. The Morgan fingerprint density at radius 3 is 2.20 bits per heavy atom. The van der Waals surface area contributed by atoms with Crippen LogP contribution in [0, 0.1) is 6.92 Å². The molecule has 0 aliphatic rings. The van der Waals surface area contributed by atoms with Gasteiger partial charge in [-0.05, 0) is 68.7 Å². The number of benzene rings is 3. The van der Waals surface area contributed by atoms with Gasteiger partial charge in [0, 0.05) is 28.0 Å². The Balaban J connectivity index is 2.09. The number of sulfonamides is 1. The molecule has 0 aromatic heterocycles. The largest absolute Gasteiger partial charge is 0.350 e. The van der Waals surface area contributed by atoms with Crippen LogP contribution in [0.5, 0.6) is 0 Å². The first-order valence-electron chi connectivity index (χ1n) is 12.8. The first-order chi connectivity index (χ1) is 18.6. The van der Waals surface area contributed by atoms with Crippen LogP contribution in [0.3, 0.4) is 0 Å². The van der Waals surface area contributed by atoms with Gasteiger partial charge in [0.1, 0.15) is 12.6 Å². The molecule has 10 heteroatoms. The minimum absolute atomic E-state index is 0.0968. The first-order valence-corrected chi connectivity index (χ1v) is 15.8. The summed E-state index contributed by atoms with van der Waals surface area (Å²) in [5, 5.41) is 3.39. The van der Waals surface area contributed by atoms with Crippen LogP contribution in [0.1, 0.15) is 37.5 Å². The molecule has 0 saturated heterocycles. The number of amides is 2. The zero-order chi connectivity index (χ0) is 29.7. The Hall–Kier alpha value is -2.88. The first kappa shape index (κ1) is 31.6. The molecule has 214 valence electrons. The second-order valence-electron chi connectivity index (χ2n) is 10.8. The number of aryl methyl sites for hydroxylation is 1. The minimum atomic E-state index is -3.87. The molecule has 2 amide bonds. The summed E-state index contributed by atoms with van der Waals surface area (Å²) in [6.45, 7) is 7.02. The molecule has 0 saturated carbocycles. The zero-order valence-corrected chi connectivity index (χ0v) is 26.5. The van der Waals surface area contributed by atoms with Gasteiger partial charge in [0.05, 0.1) is 11.9 Å². The molecule has 3 aromatic rings. The molecule has 7 nitrogen and oxygen atoms in total. The van der Waals surface area contributed by atoms with Crippen molar-refractivity contribution < 1.29 is 18.0 Å². The van der Waals surface area contributed by atoms with E-state index in [1.54, 1.807) is 12.1 Å². The fraction of sp³-hybridized carbons (Fsp3) is 0.333. The standard InChI is InChI=1S/C30H35BrClN3O4S/c1-21-14-15-25(18-26(21)32)35(40(5,38)39)20-28(36)34(19-23-12-9-13-24(31)16-23)27(29(37)33-30(2,3)4)17-22-10-7-6-8-11-22/h6-16,18,27H,17,19-20H2,1-5H3,(H,33,37)/t27-/m0/s1. The van der Waals surface area contributed by atoms with E-state index in [1.165, 1.54) is 11.0 Å². The number of nitrogens with zero attached hydrogens (tertiary/aromatic N) is 2. The van der Waals surface area contributed by atoms with E-state index in [1.807, 2.05) is 82.3 Å². The van der Waals surface area contributed by atoms with Gasteiger partial charge in [-0.2, -0.15) is 0 Å². The Bertz CT molecular complexity index is 1460. The van der Waals surface area contributed by atoms with Crippen LogP contribution in [-0.2, 0) is 32.6 Å². The summed E-state index contributed by atoms with van der Waals surface area (Å²) in [6, 6.07) is 20.8. The lowest BCUT2D eigenvalue weighted by molar-refractivity contribution is -0.140. The number of carbonyl (C=O) groups excluding carboxylic acids is 2. The molecule has 40 heavy (non-hydrogen) atoms. The van der Waals surface area contributed by atoms with Crippen LogP contribution in [-0.4, -0.2) is 49.5 Å². The van der Waals surface area contributed by atoms with Gasteiger partial charge in [-0.3, -0.25) is 13.9 Å². The van der Waals surface area contributed by atoms with Crippen LogP contribution in [0.15, 0.2) is 77.3 Å². The van der Waals surface area contributed by atoms with Gasteiger partial charge in [-0.25, -0.2) is 8.42 Å². The lowest BCUT2D eigenvalue weighted by atomic mass is 10.0. The van der Waals surface area contributed by atoms with Crippen molar-refractivity contribution in [3.63, 3.8) is 0 Å². The lowest BCUT2D eigenvalue weighted by Crippen LogP contribution is -2.56. The van der Waals surface area contributed by atoms with Crippen LogP contribution in [0.2, 0.25) is 5.02 Å². The van der Waals surface area contributed by atoms with E-state index in [4.69, 9.17) is 11.6 Å². The molecule has 0 radical (unpaired) electrons. The molecule has 0 heterocycles. The number of hydrogen-bond acceptors (Lipinski definition) is 4. The third-order valence-electron chi connectivity index (χ3n) is 6.13. The number of rotatable bonds is 10. The SMILES string of the molecule is Cc1ccc(N(CC(=O)N(Cc2cccc(Br)c2)[C@@H](Cc2ccccc2)C(=O)NC(C)(C)C)S(C)(=O)=O)cc1Cl. The van der Waals surface area contributed by atoms with Crippen molar-refractivity contribution in [2.24, 2.45) is 0 Å². The topological polar surface area (TPSA) is 86.8 Å². The minimum Gasteiger partial charge on any atom is -0.350 e. The average molecular weight is 649 g/mol. The number of halogens is 2. The van der Waals surface area contributed by atoms with Gasteiger partial charge in [-0.1, -0.05) is 76.1 Å². The maximum atomic E-state index is 14.1. The maximum Gasteiger partial charge on any atom is 0.244 e. The molecule has 0 bridgehead atoms. The Morgan fingerprint density at radius 1 is 0.975 bits per heavy atom. The number of carbonyl (C=O) groups is 2. The lowest BCUT2D eigenvalue weighted by Gasteiger charge is -2.35. The summed E-state index contributed by atoms with van der Waals surface area (Å²) in [5.74, 6) is -0.851. The summed E-state index contributed by atoms with van der Waals surface area (Å²) < 4.78 is 27.6. The van der Waals surface area contributed by atoms with Crippen LogP contribution >= 0.6 is 27.5 Å². The summed E-state index contributed by atoms with van der Waals surface area (Å²) in [4.78, 5) is 29.3. The van der Waals surface area contributed by atoms with Crippen LogP contribution in [0.4, 0.5) is 5.69 Å². The number of anilines is 1. The molecule has 0 aliphatic carbocycles. The Kier molecular flexibility index (Phi) is 10.4. The van der Waals surface area contributed by atoms with Gasteiger partial charge >= 0.3 is 0 Å². The average Bonchev–Trinajstić information content (AvgIpc) is 2.85. The number of hydrogen-bond donors (Lipinski definition) is 1. The van der Waals surface area contributed by atoms with E-state index in [9.17, 15) is 18.0 Å². The molecule has 0 fully saturated rings. The molecule has 1 N–H and O–H groups in total. The van der Waals surface area contributed by atoms with Crippen molar-refractivity contribution in [2.75, 3.05) is 17.1 Å². The van der Waals surface area contributed by atoms with Crippen molar-refractivity contribution in [1.29, 1.82) is 0 Å². The van der Waals surface area contributed by atoms with Crippen LogP contribution in [0.25, 0.3) is 0 Å². The van der Waals surface area contributed by atoms with Crippen LogP contribution < -0.4 is 9.62 Å². The highest BCUT2D eigenvalue weighted by molar-refractivity contribution is 9.10. The van der Waals surface area contributed by atoms with Gasteiger partial charge in [0.15, 0.2) is 0 Å². The summed E-state index contributed by atoms with van der Waals surface area (Å²) in [5.41, 5.74) is 2.16. The smallest absolute Gasteiger partial charge is 0.244 e. The monoisotopic (exact) mass is 647 g/mol. The Morgan fingerprint density at radius 2 is 1.62 bits per heavy atom. The molecule has 0 unspecified atom stereocenters. The summed E-state index contributed by atoms with van der Waals surface area (Å²) in [7, 11) is -3.87. The van der Waals surface area contributed by atoms with Crippen molar-refractivity contribution >= 4 is 55.1 Å². The second kappa shape index (κ2) is 13.2. The van der Waals surface area contributed by atoms with E-state index >= 15 is 0 Å². The maximum absolute atomic E-state index is 14.1. The summed E-state index contributed by atoms with van der Waals surface area (Å²) >= 11 is 9.77. The summed E-state index contributed by atoms with van der Waals surface area (Å²) in [6.07, 6.45) is 1.29. The fourth-order valence-corrected chi connectivity index (χ4v) is 5.65. The molecular formula is C30H35BrClN3O4S. The third kappa shape index (κ3) is 9.08. The molecule has 3 aromatic carbocycles. The van der Waals surface area contributed by atoms with Gasteiger partial charge in [-0.15, -0.1) is 0 Å². The van der Waals surface area contributed by atoms with Gasteiger partial charge < -0.3 is 10.2 Å². The van der Waals surface area contributed by atoms with E-state index in [2.05, 4.69) is 21.2 Å². The van der Waals surface area contributed by atoms with E-state index in [0.717, 1.165) is 31.7 Å². The van der Waals surface area contributed by atoms with E-state index in [-0.39, 0.29) is 24.6 Å². The van der Waals surface area contributed by atoms with E-state index < -0.39 is 34.1 Å². The quantitative estimate of drug-likeness (QED) is 0.304. The van der Waals surface area contributed by atoms with Crippen molar-refractivity contribution in [3.8, 4) is 0 Å². The van der Waals surface area contributed by atoms with Gasteiger partial charge in [0.25, 0.3) is 0 Å². The zero-order valence-electron chi connectivity index (χ0n) is 23.3. The van der Waals surface area contributed by atoms with Gasteiger partial charge in [0.2, 0.25) is 21.8 Å². The third-order valence-corrected chi connectivity index (χ3v) is 8.17. The molecule has 1 atom stereocenters. The Labute approximate surface area is 250 Å². The molecule has 0 spiro atoms. The highest BCUT2D eigenvalue weighted by atomic mass is 79.9. The van der Waals surface area contributed by atoms with Crippen molar-refractivity contribution in [3.05, 3.63) is 99.0 Å². The predicted molar refractivity (Wildman–Crippen MR) is 165 cm³/mol. The number of nitrogens with one attached hydrogen (secondary N) is 1.